The second-order valence-corrected chi connectivity index (χ2v) is 5.24. The summed E-state index contributed by atoms with van der Waals surface area (Å²) in [6, 6.07) is 0. The summed E-state index contributed by atoms with van der Waals surface area (Å²) in [6.07, 6.45) is 3.31. The number of hydrogen-bond donors (Lipinski definition) is 2. The third kappa shape index (κ3) is 2.28. The van der Waals surface area contributed by atoms with Gasteiger partial charge in [-0.1, -0.05) is 41.0 Å². The molecule has 0 saturated heterocycles. The molecule has 1 aliphatic rings. The summed E-state index contributed by atoms with van der Waals surface area (Å²) in [7, 11) is 2.05. The quantitative estimate of drug-likeness (QED) is 0.748. The summed E-state index contributed by atoms with van der Waals surface area (Å²) in [6.45, 7) is 11.6. The minimum absolute atomic E-state index is 0.195. The van der Waals surface area contributed by atoms with Crippen LogP contribution in [0.1, 0.15) is 41.0 Å². The Labute approximate surface area is 93.9 Å². The monoisotopic (exact) mass is 211 g/mol. The first-order valence-electron chi connectivity index (χ1n) is 5.86. The predicted molar refractivity (Wildman–Crippen MR) is 64.5 cm³/mol. The zero-order valence-electron chi connectivity index (χ0n) is 10.9. The van der Waals surface area contributed by atoms with E-state index in [9.17, 15) is 0 Å². The normalized spacial score (nSPS) is 20.9. The lowest BCUT2D eigenvalue weighted by Gasteiger charge is -2.38. The average molecular weight is 211 g/mol. The van der Waals surface area contributed by atoms with Crippen molar-refractivity contribution in [2.24, 2.45) is 17.3 Å². The summed E-state index contributed by atoms with van der Waals surface area (Å²) < 4.78 is 0. The zero-order chi connectivity index (χ0) is 11.6. The van der Waals surface area contributed by atoms with Crippen molar-refractivity contribution < 1.29 is 0 Å². The van der Waals surface area contributed by atoms with E-state index in [1.165, 1.54) is 12.1 Å². The van der Waals surface area contributed by atoms with Crippen molar-refractivity contribution in [3.8, 4) is 0 Å². The molecule has 0 fully saturated rings. The molecule has 0 bridgehead atoms. The summed E-state index contributed by atoms with van der Waals surface area (Å²) >= 11 is 0. The molecule has 0 aromatic rings. The minimum atomic E-state index is 0.195. The van der Waals surface area contributed by atoms with E-state index in [1.54, 1.807) is 0 Å². The van der Waals surface area contributed by atoms with Crippen molar-refractivity contribution in [2.45, 2.75) is 41.0 Å². The van der Waals surface area contributed by atoms with Gasteiger partial charge in [0, 0.05) is 18.7 Å². The molecular formula is C12H25N3. The highest BCUT2D eigenvalue weighted by Crippen LogP contribution is 2.40. The summed E-state index contributed by atoms with van der Waals surface area (Å²) in [4.78, 5) is 0. The van der Waals surface area contributed by atoms with Gasteiger partial charge in [-0.2, -0.15) is 0 Å². The number of hydrazine groups is 2. The van der Waals surface area contributed by atoms with Gasteiger partial charge < -0.3 is 5.43 Å². The Morgan fingerprint density at radius 2 is 2.00 bits per heavy atom. The molecule has 0 aromatic heterocycles. The van der Waals surface area contributed by atoms with E-state index in [1.807, 2.05) is 0 Å². The minimum Gasteiger partial charge on any atom is -0.309 e. The standard InChI is InChI=1S/C12H25N3/c1-7-9(2)10(3)12(4,5)11-8-13-14-15(11)6/h8-10,13-14H,7H2,1-6H3. The van der Waals surface area contributed by atoms with Gasteiger partial charge in [-0.25, -0.2) is 0 Å². The fourth-order valence-electron chi connectivity index (χ4n) is 2.27. The van der Waals surface area contributed by atoms with E-state index >= 15 is 0 Å². The third-order valence-corrected chi connectivity index (χ3v) is 4.10. The summed E-state index contributed by atoms with van der Waals surface area (Å²) in [5, 5.41) is 2.07. The van der Waals surface area contributed by atoms with Gasteiger partial charge in [0.1, 0.15) is 0 Å². The first-order chi connectivity index (χ1) is 6.91. The Morgan fingerprint density at radius 1 is 1.40 bits per heavy atom. The smallest absolute Gasteiger partial charge is 0.0538 e. The Kier molecular flexibility index (Phi) is 3.66. The molecule has 15 heavy (non-hydrogen) atoms. The van der Waals surface area contributed by atoms with E-state index in [4.69, 9.17) is 0 Å². The number of rotatable bonds is 4. The molecule has 0 amide bonds. The van der Waals surface area contributed by atoms with Gasteiger partial charge in [-0.05, 0) is 11.8 Å². The lowest BCUT2D eigenvalue weighted by Crippen LogP contribution is -2.40. The largest absolute Gasteiger partial charge is 0.309 e. The van der Waals surface area contributed by atoms with Gasteiger partial charge in [-0.15, -0.1) is 5.53 Å². The number of nitrogens with one attached hydrogen (secondary N) is 2. The maximum Gasteiger partial charge on any atom is 0.0538 e. The van der Waals surface area contributed by atoms with E-state index in [-0.39, 0.29) is 5.41 Å². The van der Waals surface area contributed by atoms with Crippen molar-refractivity contribution in [1.82, 2.24) is 16.0 Å². The molecule has 2 N–H and O–H groups in total. The van der Waals surface area contributed by atoms with Gasteiger partial charge in [0.25, 0.3) is 0 Å². The van der Waals surface area contributed by atoms with Gasteiger partial charge >= 0.3 is 0 Å². The lowest BCUT2D eigenvalue weighted by molar-refractivity contribution is 0.147. The zero-order valence-corrected chi connectivity index (χ0v) is 10.9. The second-order valence-electron chi connectivity index (χ2n) is 5.24. The molecule has 0 radical (unpaired) electrons. The Bertz CT molecular complexity index is 245. The fraction of sp³-hybridized carbons (Fsp3) is 0.833. The molecule has 3 nitrogen and oxygen atoms in total. The number of hydrogen-bond acceptors (Lipinski definition) is 3. The van der Waals surface area contributed by atoms with E-state index in [0.29, 0.717) is 5.92 Å². The van der Waals surface area contributed by atoms with E-state index < -0.39 is 0 Å². The molecule has 1 aliphatic heterocycles. The van der Waals surface area contributed by atoms with Crippen LogP contribution in [0, 0.1) is 17.3 Å². The third-order valence-electron chi connectivity index (χ3n) is 4.10. The van der Waals surface area contributed by atoms with Crippen LogP contribution in [-0.4, -0.2) is 12.1 Å². The topological polar surface area (TPSA) is 27.3 Å². The molecule has 0 aromatic carbocycles. The second kappa shape index (κ2) is 4.44. The molecule has 0 saturated carbocycles. The molecule has 2 unspecified atom stereocenters. The van der Waals surface area contributed by atoms with Crippen LogP contribution in [0.2, 0.25) is 0 Å². The van der Waals surface area contributed by atoms with Gasteiger partial charge in [0.05, 0.1) is 5.70 Å². The molecule has 1 rings (SSSR count). The maximum absolute atomic E-state index is 3.08. The highest BCUT2D eigenvalue weighted by atomic mass is 15.7. The number of allylic oxidation sites excluding steroid dienone is 1. The van der Waals surface area contributed by atoms with Gasteiger partial charge in [0.15, 0.2) is 0 Å². The molecule has 88 valence electrons. The Balaban J connectivity index is 2.81. The molecule has 1 heterocycles. The van der Waals surface area contributed by atoms with Crippen LogP contribution in [0.3, 0.4) is 0 Å². The average Bonchev–Trinajstić information content (AvgIpc) is 2.62. The van der Waals surface area contributed by atoms with Crippen LogP contribution >= 0.6 is 0 Å². The first-order valence-corrected chi connectivity index (χ1v) is 5.86. The van der Waals surface area contributed by atoms with Gasteiger partial charge in [0.2, 0.25) is 0 Å². The van der Waals surface area contributed by atoms with E-state index in [2.05, 4.69) is 63.8 Å². The van der Waals surface area contributed by atoms with Crippen LogP contribution in [-0.2, 0) is 0 Å². The van der Waals surface area contributed by atoms with Crippen molar-refractivity contribution >= 4 is 0 Å². The predicted octanol–water partition coefficient (Wildman–Crippen LogP) is 2.49. The highest BCUT2D eigenvalue weighted by molar-refractivity contribution is 5.13. The van der Waals surface area contributed by atoms with Crippen molar-refractivity contribution in [1.29, 1.82) is 0 Å². The van der Waals surface area contributed by atoms with Crippen LogP contribution in [0.4, 0.5) is 0 Å². The number of nitrogens with zero attached hydrogens (tertiary/aromatic N) is 1. The van der Waals surface area contributed by atoms with Crippen LogP contribution in [0.25, 0.3) is 0 Å². The summed E-state index contributed by atoms with van der Waals surface area (Å²) in [5.41, 5.74) is 7.66. The van der Waals surface area contributed by atoms with Crippen LogP contribution in [0.15, 0.2) is 11.9 Å². The molecule has 0 aliphatic carbocycles. The first kappa shape index (κ1) is 12.4. The van der Waals surface area contributed by atoms with Crippen molar-refractivity contribution in [3.05, 3.63) is 11.9 Å². The SMILES string of the molecule is CCC(C)C(C)C(C)(C)C1=CNNN1C. The van der Waals surface area contributed by atoms with E-state index in [0.717, 1.165) is 5.92 Å². The Morgan fingerprint density at radius 3 is 2.40 bits per heavy atom. The Hall–Kier alpha value is -0.700. The van der Waals surface area contributed by atoms with Crippen molar-refractivity contribution in [3.63, 3.8) is 0 Å². The maximum atomic E-state index is 3.08. The van der Waals surface area contributed by atoms with Crippen LogP contribution in [0.5, 0.6) is 0 Å². The van der Waals surface area contributed by atoms with Gasteiger partial charge in [-0.3, -0.25) is 5.01 Å². The fourth-order valence-corrected chi connectivity index (χ4v) is 2.27. The van der Waals surface area contributed by atoms with Crippen LogP contribution < -0.4 is 11.0 Å². The molecule has 3 heteroatoms. The van der Waals surface area contributed by atoms with Crippen molar-refractivity contribution in [2.75, 3.05) is 7.05 Å². The molecule has 0 spiro atoms. The molecular weight excluding hydrogens is 186 g/mol. The molecule has 2 atom stereocenters. The summed E-state index contributed by atoms with van der Waals surface area (Å²) in [5.74, 6) is 1.41. The lowest BCUT2D eigenvalue weighted by atomic mass is 9.70. The highest BCUT2D eigenvalue weighted by Gasteiger charge is 2.36.